The first kappa shape index (κ1) is 29.4. The summed E-state index contributed by atoms with van der Waals surface area (Å²) in [5.74, 6) is 0.0401. The third kappa shape index (κ3) is 7.45. The molecule has 3 aromatic carbocycles. The number of ether oxygens (including phenoxy) is 2. The maximum atomic E-state index is 13.7. The molecule has 11 nitrogen and oxygen atoms in total. The topological polar surface area (TPSA) is 140 Å². The van der Waals surface area contributed by atoms with Gasteiger partial charge in [0.25, 0.3) is 21.6 Å². The third-order valence-corrected chi connectivity index (χ3v) is 7.41. The van der Waals surface area contributed by atoms with E-state index >= 15 is 0 Å². The molecule has 0 heterocycles. The molecule has 1 N–H and O–H groups in total. The van der Waals surface area contributed by atoms with Crippen molar-refractivity contribution in [2.75, 3.05) is 24.6 Å². The highest BCUT2D eigenvalue weighted by molar-refractivity contribution is 7.92. The molecule has 0 spiro atoms. The Kier molecular flexibility index (Phi) is 9.85. The molecule has 0 saturated heterocycles. The zero-order chi connectivity index (χ0) is 28.6. The predicted molar refractivity (Wildman–Crippen MR) is 148 cm³/mol. The van der Waals surface area contributed by atoms with Gasteiger partial charge >= 0.3 is 0 Å². The average Bonchev–Trinajstić information content (AvgIpc) is 2.91. The highest BCUT2D eigenvalue weighted by Gasteiger charge is 2.31. The van der Waals surface area contributed by atoms with Gasteiger partial charge in [-0.2, -0.15) is 5.10 Å². The molecule has 3 rings (SSSR count). The van der Waals surface area contributed by atoms with Crippen LogP contribution in [0.5, 0.6) is 11.5 Å². The lowest BCUT2D eigenvalue weighted by atomic mass is 10.2. The lowest BCUT2D eigenvalue weighted by molar-refractivity contribution is -0.385. The van der Waals surface area contributed by atoms with Gasteiger partial charge in [-0.05, 0) is 67.4 Å². The van der Waals surface area contributed by atoms with Crippen molar-refractivity contribution >= 4 is 45.1 Å². The molecule has 0 saturated carbocycles. The smallest absolute Gasteiger partial charge is 0.273 e. The number of nitrogens with one attached hydrogen (secondary N) is 1. The van der Waals surface area contributed by atoms with E-state index in [9.17, 15) is 23.3 Å². The Balaban J connectivity index is 1.90. The van der Waals surface area contributed by atoms with E-state index in [2.05, 4.69) is 10.5 Å². The molecule has 0 aliphatic rings. The van der Waals surface area contributed by atoms with Gasteiger partial charge in [0, 0.05) is 16.7 Å². The number of anilines is 1. The van der Waals surface area contributed by atoms with E-state index in [4.69, 9.17) is 21.1 Å². The van der Waals surface area contributed by atoms with Gasteiger partial charge < -0.3 is 9.47 Å². The molecule has 0 unspecified atom stereocenters. The van der Waals surface area contributed by atoms with E-state index in [1.807, 2.05) is 6.92 Å². The summed E-state index contributed by atoms with van der Waals surface area (Å²) >= 11 is 6.13. The summed E-state index contributed by atoms with van der Waals surface area (Å²) in [7, 11) is -3.17. The zero-order valence-electron chi connectivity index (χ0n) is 21.5. The third-order valence-electron chi connectivity index (χ3n) is 5.42. The Labute approximate surface area is 231 Å². The van der Waals surface area contributed by atoms with E-state index in [0.29, 0.717) is 17.9 Å². The monoisotopic (exact) mass is 574 g/mol. The molecule has 13 heteroatoms. The van der Waals surface area contributed by atoms with Crippen LogP contribution < -0.4 is 19.2 Å². The molecule has 3 aromatic rings. The minimum absolute atomic E-state index is 0.0324. The molecule has 0 aliphatic carbocycles. The van der Waals surface area contributed by atoms with E-state index < -0.39 is 27.4 Å². The van der Waals surface area contributed by atoms with Crippen molar-refractivity contribution in [1.29, 1.82) is 0 Å². The first-order valence-electron chi connectivity index (χ1n) is 11.7. The Morgan fingerprint density at radius 2 is 1.87 bits per heavy atom. The number of carbonyl (C=O) groups excluding carboxylic acids is 1. The molecule has 0 aliphatic heterocycles. The number of aryl methyl sites for hydroxylation is 1. The Bertz CT molecular complexity index is 1480. The van der Waals surface area contributed by atoms with Gasteiger partial charge in [0.05, 0.1) is 35.4 Å². The largest absolute Gasteiger partial charge is 0.495 e. The number of rotatable bonds is 12. The minimum atomic E-state index is -4.50. The van der Waals surface area contributed by atoms with E-state index in [-0.39, 0.29) is 32.6 Å². The number of hydrogen-bond acceptors (Lipinski definition) is 8. The van der Waals surface area contributed by atoms with Gasteiger partial charge in [-0.15, -0.1) is 0 Å². The number of sulfonamides is 1. The number of hydrazone groups is 1. The van der Waals surface area contributed by atoms with Gasteiger partial charge in [0.15, 0.2) is 0 Å². The molecule has 0 aromatic heterocycles. The predicted octanol–water partition coefficient (Wildman–Crippen LogP) is 4.70. The van der Waals surface area contributed by atoms with Crippen LogP contribution >= 0.6 is 11.6 Å². The fourth-order valence-electron chi connectivity index (χ4n) is 3.45. The van der Waals surface area contributed by atoms with Gasteiger partial charge in [0.1, 0.15) is 18.0 Å². The molecule has 0 atom stereocenters. The number of benzene rings is 3. The molecular formula is C26H27ClN4O7S. The normalized spacial score (nSPS) is 11.3. The zero-order valence-corrected chi connectivity index (χ0v) is 23.0. The molecular weight excluding hydrogens is 548 g/mol. The summed E-state index contributed by atoms with van der Waals surface area (Å²) in [5.41, 5.74) is 2.85. The van der Waals surface area contributed by atoms with Gasteiger partial charge in [0.2, 0.25) is 0 Å². The molecule has 0 fully saturated rings. The van der Waals surface area contributed by atoms with E-state index in [0.717, 1.165) is 16.8 Å². The summed E-state index contributed by atoms with van der Waals surface area (Å²) in [5, 5.41) is 15.5. The Hall–Kier alpha value is -4.16. The van der Waals surface area contributed by atoms with Crippen molar-refractivity contribution in [2.24, 2.45) is 5.10 Å². The number of methoxy groups -OCH3 is 1. The van der Waals surface area contributed by atoms with E-state index in [1.165, 1.54) is 50.6 Å². The van der Waals surface area contributed by atoms with Crippen LogP contribution in [0.25, 0.3) is 0 Å². The first-order chi connectivity index (χ1) is 18.6. The summed E-state index contributed by atoms with van der Waals surface area (Å²) < 4.78 is 39.0. The number of hydrogen-bond donors (Lipinski definition) is 1. The minimum Gasteiger partial charge on any atom is -0.495 e. The highest BCUT2D eigenvalue weighted by atomic mass is 35.5. The Morgan fingerprint density at radius 1 is 1.15 bits per heavy atom. The van der Waals surface area contributed by atoms with Crippen molar-refractivity contribution in [3.05, 3.63) is 86.9 Å². The van der Waals surface area contributed by atoms with Crippen LogP contribution in [0.2, 0.25) is 5.02 Å². The number of nitrogens with zero attached hydrogens (tertiary/aromatic N) is 3. The second-order valence-corrected chi connectivity index (χ2v) is 10.5. The number of nitro groups is 1. The van der Waals surface area contributed by atoms with Crippen molar-refractivity contribution in [2.45, 2.75) is 25.2 Å². The van der Waals surface area contributed by atoms with Crippen molar-refractivity contribution in [1.82, 2.24) is 5.43 Å². The second kappa shape index (κ2) is 13.1. The lowest BCUT2D eigenvalue weighted by Gasteiger charge is -2.25. The summed E-state index contributed by atoms with van der Waals surface area (Å²) in [6, 6.07) is 14.8. The van der Waals surface area contributed by atoms with Gasteiger partial charge in [-0.25, -0.2) is 13.8 Å². The maximum absolute atomic E-state index is 13.7. The SMILES string of the molecule is CCCOc1ccc(C=NNC(=O)CN(c2cc(Cl)ccc2OC)S(=O)(=O)c2ccc(C)c([N+](=O)[O-])c2)cc1. The van der Waals surface area contributed by atoms with Gasteiger partial charge in [-0.3, -0.25) is 19.2 Å². The van der Waals surface area contributed by atoms with Crippen LogP contribution in [-0.2, 0) is 14.8 Å². The van der Waals surface area contributed by atoms with Crippen LogP contribution in [0.1, 0.15) is 24.5 Å². The average molecular weight is 575 g/mol. The van der Waals surface area contributed by atoms with Crippen LogP contribution in [0.4, 0.5) is 11.4 Å². The number of halogens is 1. The van der Waals surface area contributed by atoms with Gasteiger partial charge in [-0.1, -0.05) is 24.6 Å². The summed E-state index contributed by atoms with van der Waals surface area (Å²) in [4.78, 5) is 23.2. The summed E-state index contributed by atoms with van der Waals surface area (Å²) in [6.07, 6.45) is 2.27. The number of amides is 1. The fourth-order valence-corrected chi connectivity index (χ4v) is 5.06. The number of nitro benzene ring substituents is 1. The van der Waals surface area contributed by atoms with Crippen LogP contribution in [0.15, 0.2) is 70.7 Å². The highest BCUT2D eigenvalue weighted by Crippen LogP contribution is 2.35. The lowest BCUT2D eigenvalue weighted by Crippen LogP contribution is -2.39. The van der Waals surface area contributed by atoms with Crippen LogP contribution in [0.3, 0.4) is 0 Å². The molecule has 0 bridgehead atoms. The number of carbonyl (C=O) groups is 1. The van der Waals surface area contributed by atoms with Crippen LogP contribution in [-0.4, -0.2) is 45.7 Å². The maximum Gasteiger partial charge on any atom is 0.273 e. The molecule has 0 radical (unpaired) electrons. The van der Waals surface area contributed by atoms with Crippen molar-refractivity contribution in [3.63, 3.8) is 0 Å². The second-order valence-electron chi connectivity index (χ2n) is 8.24. The van der Waals surface area contributed by atoms with Crippen molar-refractivity contribution in [3.8, 4) is 11.5 Å². The standard InChI is InChI=1S/C26H27ClN4O7S/c1-4-13-38-21-9-6-19(7-10-21)16-28-29-26(32)17-30(24-14-20(27)8-12-25(24)37-3)39(35,36)22-11-5-18(2)23(15-22)31(33)34/h5-12,14-16H,4,13,17H2,1-3H3,(H,29,32). The molecule has 206 valence electrons. The Morgan fingerprint density at radius 3 is 2.51 bits per heavy atom. The fraction of sp³-hybridized carbons (Fsp3) is 0.231. The quantitative estimate of drug-likeness (QED) is 0.188. The molecule has 1 amide bonds. The first-order valence-corrected chi connectivity index (χ1v) is 13.5. The molecule has 39 heavy (non-hydrogen) atoms. The van der Waals surface area contributed by atoms with Crippen molar-refractivity contribution < 1.29 is 27.6 Å². The van der Waals surface area contributed by atoms with Crippen LogP contribution in [0, 0.1) is 17.0 Å². The van der Waals surface area contributed by atoms with E-state index in [1.54, 1.807) is 24.3 Å². The summed E-state index contributed by atoms with van der Waals surface area (Å²) in [6.45, 7) is 3.37.